The first kappa shape index (κ1) is 11.1. The van der Waals surface area contributed by atoms with Crippen molar-refractivity contribution < 1.29 is 9.63 Å². The van der Waals surface area contributed by atoms with Gasteiger partial charge in [-0.1, -0.05) is 25.1 Å². The minimum Gasteiger partial charge on any atom is -0.330 e. The maximum atomic E-state index is 11.6. The number of nitrogens with two attached hydrogens (primary N) is 1. The SMILES string of the molecule is CC(CN)c1ccccc1N1OCCC1=O. The van der Waals surface area contributed by atoms with Crippen molar-refractivity contribution in [3.05, 3.63) is 29.8 Å². The van der Waals surface area contributed by atoms with Crippen molar-refractivity contribution in [3.63, 3.8) is 0 Å². The van der Waals surface area contributed by atoms with Gasteiger partial charge in [-0.3, -0.25) is 9.63 Å². The van der Waals surface area contributed by atoms with Crippen LogP contribution in [0.2, 0.25) is 0 Å². The Morgan fingerprint density at radius 1 is 1.50 bits per heavy atom. The van der Waals surface area contributed by atoms with E-state index in [4.69, 9.17) is 10.6 Å². The van der Waals surface area contributed by atoms with Crippen LogP contribution in [0.5, 0.6) is 0 Å². The zero-order valence-corrected chi connectivity index (χ0v) is 9.35. The fraction of sp³-hybridized carbons (Fsp3) is 0.417. The van der Waals surface area contributed by atoms with Crippen molar-refractivity contribution in [3.8, 4) is 0 Å². The van der Waals surface area contributed by atoms with E-state index in [9.17, 15) is 4.79 Å². The number of rotatable bonds is 3. The van der Waals surface area contributed by atoms with Gasteiger partial charge in [-0.2, -0.15) is 5.06 Å². The Morgan fingerprint density at radius 3 is 2.88 bits per heavy atom. The normalized spacial score (nSPS) is 17.9. The summed E-state index contributed by atoms with van der Waals surface area (Å²) >= 11 is 0. The first-order valence-corrected chi connectivity index (χ1v) is 5.49. The van der Waals surface area contributed by atoms with Crippen molar-refractivity contribution in [2.24, 2.45) is 5.73 Å². The van der Waals surface area contributed by atoms with E-state index in [1.807, 2.05) is 31.2 Å². The number of hydrogen-bond donors (Lipinski definition) is 1. The molecule has 1 amide bonds. The Labute approximate surface area is 94.9 Å². The highest BCUT2D eigenvalue weighted by Crippen LogP contribution is 2.29. The number of amides is 1. The van der Waals surface area contributed by atoms with Gasteiger partial charge in [0.1, 0.15) is 0 Å². The van der Waals surface area contributed by atoms with Crippen LogP contribution >= 0.6 is 0 Å². The van der Waals surface area contributed by atoms with Gasteiger partial charge in [-0.25, -0.2) is 0 Å². The molecule has 0 radical (unpaired) electrons. The lowest BCUT2D eigenvalue weighted by Gasteiger charge is -2.20. The third kappa shape index (κ3) is 1.94. The number of anilines is 1. The van der Waals surface area contributed by atoms with E-state index in [1.165, 1.54) is 5.06 Å². The quantitative estimate of drug-likeness (QED) is 0.838. The molecule has 0 spiro atoms. The number of nitrogens with zero attached hydrogens (tertiary/aromatic N) is 1. The smallest absolute Gasteiger partial charge is 0.253 e. The van der Waals surface area contributed by atoms with Gasteiger partial charge in [-0.15, -0.1) is 0 Å². The van der Waals surface area contributed by atoms with Crippen LogP contribution < -0.4 is 10.8 Å². The van der Waals surface area contributed by atoms with Gasteiger partial charge in [-0.05, 0) is 24.1 Å². The molecule has 1 saturated heterocycles. The highest BCUT2D eigenvalue weighted by molar-refractivity contribution is 5.93. The van der Waals surface area contributed by atoms with Gasteiger partial charge in [0.15, 0.2) is 0 Å². The summed E-state index contributed by atoms with van der Waals surface area (Å²) in [5.41, 5.74) is 7.54. The van der Waals surface area contributed by atoms with E-state index in [-0.39, 0.29) is 11.8 Å². The summed E-state index contributed by atoms with van der Waals surface area (Å²) in [5.74, 6) is 0.227. The second kappa shape index (κ2) is 4.63. The summed E-state index contributed by atoms with van der Waals surface area (Å²) < 4.78 is 0. The van der Waals surface area contributed by atoms with Crippen LogP contribution in [0.4, 0.5) is 5.69 Å². The number of carbonyl (C=O) groups is 1. The van der Waals surface area contributed by atoms with Crippen molar-refractivity contribution >= 4 is 11.6 Å². The van der Waals surface area contributed by atoms with Gasteiger partial charge < -0.3 is 5.73 Å². The molecule has 16 heavy (non-hydrogen) atoms. The number of hydrogen-bond acceptors (Lipinski definition) is 3. The monoisotopic (exact) mass is 220 g/mol. The molecule has 1 aromatic rings. The maximum Gasteiger partial charge on any atom is 0.253 e. The molecule has 1 fully saturated rings. The molecule has 1 heterocycles. The van der Waals surface area contributed by atoms with Gasteiger partial charge in [0.25, 0.3) is 5.91 Å². The highest BCUT2D eigenvalue weighted by Gasteiger charge is 2.26. The number of carbonyl (C=O) groups excluding carboxylic acids is 1. The summed E-state index contributed by atoms with van der Waals surface area (Å²) in [6.45, 7) is 3.06. The van der Waals surface area contributed by atoms with Crippen LogP contribution in [0.15, 0.2) is 24.3 Å². The fourth-order valence-electron chi connectivity index (χ4n) is 1.82. The zero-order valence-electron chi connectivity index (χ0n) is 9.35. The highest BCUT2D eigenvalue weighted by atomic mass is 16.7. The van der Waals surface area contributed by atoms with Crippen molar-refractivity contribution in [2.45, 2.75) is 19.3 Å². The van der Waals surface area contributed by atoms with Crippen LogP contribution in [0.1, 0.15) is 24.8 Å². The minimum absolute atomic E-state index is 0.0108. The number of benzene rings is 1. The van der Waals surface area contributed by atoms with Gasteiger partial charge in [0.2, 0.25) is 0 Å². The Balaban J connectivity index is 2.36. The summed E-state index contributed by atoms with van der Waals surface area (Å²) in [4.78, 5) is 16.9. The fourth-order valence-corrected chi connectivity index (χ4v) is 1.82. The van der Waals surface area contributed by atoms with Crippen molar-refractivity contribution in [1.29, 1.82) is 0 Å². The van der Waals surface area contributed by atoms with E-state index in [0.717, 1.165) is 11.3 Å². The Bertz CT molecular complexity index is 392. The molecule has 86 valence electrons. The Morgan fingerprint density at radius 2 is 2.25 bits per heavy atom. The summed E-state index contributed by atoms with van der Waals surface area (Å²) in [6.07, 6.45) is 0.450. The molecule has 0 aromatic heterocycles. The first-order valence-electron chi connectivity index (χ1n) is 5.49. The van der Waals surface area contributed by atoms with Crippen LogP contribution in [0.3, 0.4) is 0 Å². The topological polar surface area (TPSA) is 55.6 Å². The van der Waals surface area contributed by atoms with E-state index in [1.54, 1.807) is 0 Å². The average Bonchev–Trinajstić information content (AvgIpc) is 2.74. The molecule has 1 aliphatic heterocycles. The van der Waals surface area contributed by atoms with Gasteiger partial charge in [0, 0.05) is 0 Å². The molecule has 0 saturated carbocycles. The largest absolute Gasteiger partial charge is 0.330 e. The molecule has 1 aromatic carbocycles. The molecule has 1 aliphatic rings. The molecule has 4 nitrogen and oxygen atoms in total. The molecular weight excluding hydrogens is 204 g/mol. The number of para-hydroxylation sites is 1. The lowest BCUT2D eigenvalue weighted by Crippen LogP contribution is -2.24. The van der Waals surface area contributed by atoms with Crippen LogP contribution in [0.25, 0.3) is 0 Å². The molecule has 0 bridgehead atoms. The third-order valence-corrected chi connectivity index (χ3v) is 2.80. The van der Waals surface area contributed by atoms with E-state index >= 15 is 0 Å². The first-order chi connectivity index (χ1) is 7.74. The molecular formula is C12H16N2O2. The van der Waals surface area contributed by atoms with Crippen molar-refractivity contribution in [2.75, 3.05) is 18.2 Å². The van der Waals surface area contributed by atoms with Gasteiger partial charge >= 0.3 is 0 Å². The molecule has 1 unspecified atom stereocenters. The molecule has 0 aliphatic carbocycles. The third-order valence-electron chi connectivity index (χ3n) is 2.80. The van der Waals surface area contributed by atoms with Crippen molar-refractivity contribution in [1.82, 2.24) is 0 Å². The van der Waals surface area contributed by atoms with Gasteiger partial charge in [0.05, 0.1) is 18.7 Å². The van der Waals surface area contributed by atoms with Crippen LogP contribution in [-0.4, -0.2) is 19.1 Å². The molecule has 1 atom stereocenters. The summed E-state index contributed by atoms with van der Waals surface area (Å²) in [5, 5.41) is 1.39. The molecule has 4 heteroatoms. The standard InChI is InChI=1S/C12H16N2O2/c1-9(8-13)10-4-2-3-5-11(10)14-12(15)6-7-16-14/h2-5,9H,6-8,13H2,1H3. The molecule has 2 N–H and O–H groups in total. The average molecular weight is 220 g/mol. The van der Waals surface area contributed by atoms with E-state index in [2.05, 4.69) is 0 Å². The molecule has 2 rings (SSSR count). The number of hydroxylamine groups is 1. The van der Waals surface area contributed by atoms with E-state index in [0.29, 0.717) is 19.6 Å². The van der Waals surface area contributed by atoms with Crippen LogP contribution in [0, 0.1) is 0 Å². The Kier molecular flexibility index (Phi) is 3.22. The maximum absolute atomic E-state index is 11.6. The lowest BCUT2D eigenvalue weighted by atomic mass is 9.99. The van der Waals surface area contributed by atoms with Crippen LogP contribution in [-0.2, 0) is 9.63 Å². The lowest BCUT2D eigenvalue weighted by molar-refractivity contribution is -0.119. The summed E-state index contributed by atoms with van der Waals surface area (Å²) in [7, 11) is 0. The second-order valence-corrected chi connectivity index (χ2v) is 3.97. The van der Waals surface area contributed by atoms with E-state index < -0.39 is 0 Å². The predicted molar refractivity (Wildman–Crippen MR) is 62.0 cm³/mol. The minimum atomic E-state index is 0.0108. The zero-order chi connectivity index (χ0) is 11.5. The Hall–Kier alpha value is -1.39. The summed E-state index contributed by atoms with van der Waals surface area (Å²) in [6, 6.07) is 7.73. The second-order valence-electron chi connectivity index (χ2n) is 3.97. The predicted octanol–water partition coefficient (Wildman–Crippen LogP) is 1.42.